The summed E-state index contributed by atoms with van der Waals surface area (Å²) in [6.07, 6.45) is 5.99. The predicted molar refractivity (Wildman–Crippen MR) is 77.7 cm³/mol. The minimum absolute atomic E-state index is 0.218. The molecule has 102 valence electrons. The largest absolute Gasteiger partial charge is 0.481 e. The molecule has 2 atom stereocenters. The smallest absolute Gasteiger partial charge is 0.309 e. The van der Waals surface area contributed by atoms with Crippen molar-refractivity contribution in [1.29, 1.82) is 0 Å². The van der Waals surface area contributed by atoms with E-state index < -0.39 is 11.4 Å². The summed E-state index contributed by atoms with van der Waals surface area (Å²) in [5, 5.41) is 9.49. The molecule has 1 N–H and O–H groups in total. The normalized spacial score (nSPS) is 29.7. The highest BCUT2D eigenvalue weighted by atomic mass is 16.4. The maximum absolute atomic E-state index is 11.5. The van der Waals surface area contributed by atoms with Gasteiger partial charge in [0.25, 0.3) is 0 Å². The van der Waals surface area contributed by atoms with Crippen LogP contribution in [0.3, 0.4) is 0 Å². The van der Waals surface area contributed by atoms with E-state index in [1.807, 2.05) is 25.1 Å². The first-order valence-electron chi connectivity index (χ1n) is 6.84. The van der Waals surface area contributed by atoms with Crippen molar-refractivity contribution >= 4 is 12.0 Å². The number of allylic oxidation sites excluding steroid dienone is 1. The second-order valence-corrected chi connectivity index (χ2v) is 6.27. The first kappa shape index (κ1) is 13.9. The highest BCUT2D eigenvalue weighted by molar-refractivity contribution is 5.76. The lowest BCUT2D eigenvalue weighted by atomic mass is 9.65. The summed E-state index contributed by atoms with van der Waals surface area (Å²) in [6, 6.07) is 10.2. The molecule has 1 fully saturated rings. The van der Waals surface area contributed by atoms with Crippen molar-refractivity contribution in [3.05, 3.63) is 42.0 Å². The molecule has 0 aromatic heterocycles. The van der Waals surface area contributed by atoms with E-state index in [4.69, 9.17) is 0 Å². The average Bonchev–Trinajstić information content (AvgIpc) is 2.61. The summed E-state index contributed by atoms with van der Waals surface area (Å²) in [7, 11) is 0. The van der Waals surface area contributed by atoms with Gasteiger partial charge in [-0.25, -0.2) is 0 Å². The molecule has 0 saturated heterocycles. The summed E-state index contributed by atoms with van der Waals surface area (Å²) in [5.41, 5.74) is 0.324. The lowest BCUT2D eigenvalue weighted by Crippen LogP contribution is -2.40. The Morgan fingerprint density at radius 3 is 2.42 bits per heavy atom. The predicted octanol–water partition coefficient (Wildman–Crippen LogP) is 4.23. The number of benzene rings is 1. The van der Waals surface area contributed by atoms with Crippen molar-refractivity contribution in [3.8, 4) is 0 Å². The van der Waals surface area contributed by atoms with Crippen LogP contribution in [0.15, 0.2) is 36.4 Å². The Labute approximate surface area is 115 Å². The van der Waals surface area contributed by atoms with Crippen molar-refractivity contribution < 1.29 is 9.90 Å². The second-order valence-electron chi connectivity index (χ2n) is 6.27. The summed E-state index contributed by atoms with van der Waals surface area (Å²) >= 11 is 0. The van der Waals surface area contributed by atoms with Gasteiger partial charge in [-0.2, -0.15) is 0 Å². The monoisotopic (exact) mass is 258 g/mol. The molecule has 0 heterocycles. The topological polar surface area (TPSA) is 37.3 Å². The zero-order valence-electron chi connectivity index (χ0n) is 11.9. The van der Waals surface area contributed by atoms with Gasteiger partial charge in [0.2, 0.25) is 0 Å². The van der Waals surface area contributed by atoms with Gasteiger partial charge in [-0.05, 0) is 36.7 Å². The minimum Gasteiger partial charge on any atom is -0.481 e. The number of aliphatic carboxylic acids is 1. The molecule has 0 unspecified atom stereocenters. The van der Waals surface area contributed by atoms with Crippen LogP contribution in [0.5, 0.6) is 0 Å². The first-order valence-corrected chi connectivity index (χ1v) is 6.84. The van der Waals surface area contributed by atoms with Crippen molar-refractivity contribution in [3.63, 3.8) is 0 Å². The van der Waals surface area contributed by atoms with E-state index in [-0.39, 0.29) is 5.41 Å². The summed E-state index contributed by atoms with van der Waals surface area (Å²) in [6.45, 7) is 6.04. The molecule has 2 rings (SSSR count). The van der Waals surface area contributed by atoms with Crippen LogP contribution in [0, 0.1) is 16.7 Å². The van der Waals surface area contributed by atoms with Crippen LogP contribution in [-0.2, 0) is 4.79 Å². The average molecular weight is 258 g/mol. The Balaban J connectivity index is 2.20. The Morgan fingerprint density at radius 1 is 1.26 bits per heavy atom. The van der Waals surface area contributed by atoms with Crippen molar-refractivity contribution in [2.45, 2.75) is 33.6 Å². The maximum Gasteiger partial charge on any atom is 0.309 e. The van der Waals surface area contributed by atoms with Gasteiger partial charge in [-0.1, -0.05) is 56.3 Å². The molecule has 0 bridgehead atoms. The molecule has 1 aromatic rings. The van der Waals surface area contributed by atoms with Gasteiger partial charge in [0, 0.05) is 0 Å². The van der Waals surface area contributed by atoms with Gasteiger partial charge < -0.3 is 5.11 Å². The Kier molecular flexibility index (Phi) is 3.53. The fourth-order valence-electron chi connectivity index (χ4n) is 3.05. The number of carboxylic acid groups (broad SMARTS) is 1. The standard InChI is InChI=1S/C17H22O2/c1-16(2)14(11-12-17(16,3)15(18)19)10-9-13-7-5-4-6-8-13/h4-10,14H,11-12H2,1-3H3,(H,18,19)/b10-9-/t14-,17+/m0/s1. The molecule has 0 radical (unpaired) electrons. The lowest BCUT2D eigenvalue weighted by molar-refractivity contribution is -0.154. The summed E-state index contributed by atoms with van der Waals surface area (Å²) in [5.74, 6) is -0.359. The molecular formula is C17H22O2. The van der Waals surface area contributed by atoms with Crippen LogP contribution in [0.25, 0.3) is 6.08 Å². The van der Waals surface area contributed by atoms with Crippen molar-refractivity contribution in [2.75, 3.05) is 0 Å². The third-order valence-corrected chi connectivity index (χ3v) is 5.10. The Morgan fingerprint density at radius 2 is 1.89 bits per heavy atom. The van der Waals surface area contributed by atoms with E-state index in [2.05, 4.69) is 38.1 Å². The number of carboxylic acids is 1. The van der Waals surface area contributed by atoms with Gasteiger partial charge in [0.1, 0.15) is 0 Å². The zero-order valence-corrected chi connectivity index (χ0v) is 11.9. The molecule has 2 nitrogen and oxygen atoms in total. The number of carbonyl (C=O) groups is 1. The lowest BCUT2D eigenvalue weighted by Gasteiger charge is -2.37. The maximum atomic E-state index is 11.5. The molecule has 1 aromatic carbocycles. The van der Waals surface area contributed by atoms with Crippen LogP contribution in [0.1, 0.15) is 39.2 Å². The van der Waals surface area contributed by atoms with E-state index in [0.29, 0.717) is 5.92 Å². The highest BCUT2D eigenvalue weighted by Gasteiger charge is 2.55. The van der Waals surface area contributed by atoms with E-state index in [1.54, 1.807) is 0 Å². The molecule has 0 amide bonds. The zero-order chi connectivity index (χ0) is 14.1. The Hall–Kier alpha value is -1.57. The Bertz CT molecular complexity index is 487. The molecular weight excluding hydrogens is 236 g/mol. The second kappa shape index (κ2) is 4.84. The fraction of sp³-hybridized carbons (Fsp3) is 0.471. The van der Waals surface area contributed by atoms with Gasteiger partial charge in [0.15, 0.2) is 0 Å². The van der Waals surface area contributed by atoms with Gasteiger partial charge in [-0.15, -0.1) is 0 Å². The van der Waals surface area contributed by atoms with E-state index in [0.717, 1.165) is 12.8 Å². The van der Waals surface area contributed by atoms with Crippen LogP contribution in [0.2, 0.25) is 0 Å². The van der Waals surface area contributed by atoms with Crippen LogP contribution in [-0.4, -0.2) is 11.1 Å². The summed E-state index contributed by atoms with van der Waals surface area (Å²) in [4.78, 5) is 11.5. The van der Waals surface area contributed by atoms with Gasteiger partial charge in [0.05, 0.1) is 5.41 Å². The van der Waals surface area contributed by atoms with Crippen LogP contribution in [0.4, 0.5) is 0 Å². The number of hydrogen-bond donors (Lipinski definition) is 1. The first-order chi connectivity index (χ1) is 8.88. The van der Waals surface area contributed by atoms with Crippen LogP contribution >= 0.6 is 0 Å². The van der Waals surface area contributed by atoms with E-state index >= 15 is 0 Å². The minimum atomic E-state index is -0.673. The molecule has 0 aliphatic heterocycles. The summed E-state index contributed by atoms with van der Waals surface area (Å²) < 4.78 is 0. The van der Waals surface area contributed by atoms with Gasteiger partial charge >= 0.3 is 5.97 Å². The molecule has 0 spiro atoms. The quantitative estimate of drug-likeness (QED) is 0.881. The number of hydrogen-bond acceptors (Lipinski definition) is 1. The third-order valence-electron chi connectivity index (χ3n) is 5.10. The molecule has 19 heavy (non-hydrogen) atoms. The van der Waals surface area contributed by atoms with Gasteiger partial charge in [-0.3, -0.25) is 4.79 Å². The van der Waals surface area contributed by atoms with Crippen molar-refractivity contribution in [1.82, 2.24) is 0 Å². The van der Waals surface area contributed by atoms with Crippen molar-refractivity contribution in [2.24, 2.45) is 16.7 Å². The SMILES string of the molecule is CC1(C)[C@@H](/C=C\c2ccccc2)CC[C@]1(C)C(=O)O. The van der Waals surface area contributed by atoms with E-state index in [9.17, 15) is 9.90 Å². The third kappa shape index (κ3) is 2.32. The molecule has 2 heteroatoms. The fourth-order valence-corrected chi connectivity index (χ4v) is 3.05. The molecule has 1 saturated carbocycles. The highest BCUT2D eigenvalue weighted by Crippen LogP contribution is 2.56. The van der Waals surface area contributed by atoms with E-state index in [1.165, 1.54) is 5.56 Å². The number of rotatable bonds is 3. The molecule has 1 aliphatic rings. The van der Waals surface area contributed by atoms with Crippen LogP contribution < -0.4 is 0 Å². The molecule has 1 aliphatic carbocycles.